The van der Waals surface area contributed by atoms with Gasteiger partial charge in [0, 0.05) is 38.5 Å². The zero-order valence-electron chi connectivity index (χ0n) is 17.4. The fourth-order valence-corrected chi connectivity index (χ4v) is 3.43. The molecule has 158 valence electrons. The minimum absolute atomic E-state index is 0.0185. The van der Waals surface area contributed by atoms with Gasteiger partial charge in [-0.05, 0) is 30.7 Å². The van der Waals surface area contributed by atoms with Crippen LogP contribution in [0.15, 0.2) is 48.5 Å². The molecule has 3 rings (SSSR count). The molecule has 0 aliphatic carbocycles. The Morgan fingerprint density at radius 1 is 1.07 bits per heavy atom. The van der Waals surface area contributed by atoms with E-state index in [2.05, 4.69) is 5.32 Å². The standard InChI is InChI=1S/C23H27N3O4/c1-3-25(17(2)27)16-18-8-4-5-9-19(18)24-22(28)12-13-23(29)26-14-15-30-21-11-7-6-10-20(21)26/h4-11H,3,12-16H2,1-2H3,(H,24,28). The molecule has 3 amide bonds. The van der Waals surface area contributed by atoms with E-state index >= 15 is 0 Å². The van der Waals surface area contributed by atoms with Crippen molar-refractivity contribution in [2.24, 2.45) is 0 Å². The summed E-state index contributed by atoms with van der Waals surface area (Å²) in [5.41, 5.74) is 2.26. The van der Waals surface area contributed by atoms with Gasteiger partial charge in [0.05, 0.1) is 12.2 Å². The second-order valence-corrected chi connectivity index (χ2v) is 7.10. The van der Waals surface area contributed by atoms with Gasteiger partial charge in [-0.25, -0.2) is 0 Å². The van der Waals surface area contributed by atoms with Crippen LogP contribution in [-0.4, -0.2) is 42.3 Å². The largest absolute Gasteiger partial charge is 0.490 e. The van der Waals surface area contributed by atoms with E-state index in [4.69, 9.17) is 4.74 Å². The summed E-state index contributed by atoms with van der Waals surface area (Å²) in [6.07, 6.45) is 0.188. The van der Waals surface area contributed by atoms with Crippen LogP contribution in [0.3, 0.4) is 0 Å². The molecule has 0 fully saturated rings. The highest BCUT2D eigenvalue weighted by atomic mass is 16.5. The second kappa shape index (κ2) is 9.91. The molecule has 0 bridgehead atoms. The Balaban J connectivity index is 1.59. The number of anilines is 2. The first-order valence-corrected chi connectivity index (χ1v) is 10.1. The molecule has 7 heteroatoms. The Kier molecular flexibility index (Phi) is 7.06. The number of para-hydroxylation sites is 3. The predicted molar refractivity (Wildman–Crippen MR) is 115 cm³/mol. The van der Waals surface area contributed by atoms with E-state index in [-0.39, 0.29) is 30.6 Å². The molecule has 2 aromatic carbocycles. The van der Waals surface area contributed by atoms with Crippen molar-refractivity contribution in [1.82, 2.24) is 4.90 Å². The van der Waals surface area contributed by atoms with Crippen LogP contribution < -0.4 is 15.0 Å². The SMILES string of the molecule is CCN(Cc1ccccc1NC(=O)CCC(=O)N1CCOc2ccccc21)C(C)=O. The Bertz CT molecular complexity index is 928. The summed E-state index contributed by atoms with van der Waals surface area (Å²) in [7, 11) is 0. The fraction of sp³-hybridized carbons (Fsp3) is 0.348. The van der Waals surface area contributed by atoms with Gasteiger partial charge in [-0.2, -0.15) is 0 Å². The van der Waals surface area contributed by atoms with Gasteiger partial charge in [0.2, 0.25) is 17.7 Å². The number of carbonyl (C=O) groups is 3. The molecule has 2 aromatic rings. The topological polar surface area (TPSA) is 79.0 Å². The fourth-order valence-electron chi connectivity index (χ4n) is 3.43. The van der Waals surface area contributed by atoms with Crippen LogP contribution in [0.2, 0.25) is 0 Å². The quantitative estimate of drug-likeness (QED) is 0.762. The first-order valence-electron chi connectivity index (χ1n) is 10.1. The van der Waals surface area contributed by atoms with E-state index in [0.29, 0.717) is 37.7 Å². The summed E-state index contributed by atoms with van der Waals surface area (Å²) in [5, 5.41) is 2.88. The highest BCUT2D eigenvalue weighted by Gasteiger charge is 2.23. The lowest BCUT2D eigenvalue weighted by Crippen LogP contribution is -2.38. The minimum Gasteiger partial charge on any atom is -0.490 e. The van der Waals surface area contributed by atoms with Crippen LogP contribution >= 0.6 is 0 Å². The molecule has 1 aliphatic heterocycles. The van der Waals surface area contributed by atoms with Crippen molar-refractivity contribution in [2.45, 2.75) is 33.2 Å². The molecule has 1 aliphatic rings. The summed E-state index contributed by atoms with van der Waals surface area (Å²) >= 11 is 0. The van der Waals surface area contributed by atoms with Crippen LogP contribution in [0, 0.1) is 0 Å². The molecule has 0 radical (unpaired) electrons. The summed E-state index contributed by atoms with van der Waals surface area (Å²) in [6, 6.07) is 14.8. The monoisotopic (exact) mass is 409 g/mol. The number of rotatable bonds is 7. The molecule has 0 saturated carbocycles. The Labute approximate surface area is 176 Å². The van der Waals surface area contributed by atoms with E-state index < -0.39 is 0 Å². The third-order valence-corrected chi connectivity index (χ3v) is 5.08. The van der Waals surface area contributed by atoms with E-state index in [1.165, 1.54) is 6.92 Å². The van der Waals surface area contributed by atoms with E-state index in [0.717, 1.165) is 11.3 Å². The second-order valence-electron chi connectivity index (χ2n) is 7.10. The van der Waals surface area contributed by atoms with Gasteiger partial charge in [0.1, 0.15) is 12.4 Å². The van der Waals surface area contributed by atoms with Gasteiger partial charge in [-0.15, -0.1) is 0 Å². The van der Waals surface area contributed by atoms with Gasteiger partial charge in [0.25, 0.3) is 0 Å². The number of carbonyl (C=O) groups excluding carboxylic acids is 3. The molecular weight excluding hydrogens is 382 g/mol. The molecule has 0 spiro atoms. The predicted octanol–water partition coefficient (Wildman–Crippen LogP) is 3.20. The molecule has 0 unspecified atom stereocenters. The van der Waals surface area contributed by atoms with Crippen molar-refractivity contribution in [2.75, 3.05) is 29.9 Å². The third-order valence-electron chi connectivity index (χ3n) is 5.08. The lowest BCUT2D eigenvalue weighted by molar-refractivity contribution is -0.129. The van der Waals surface area contributed by atoms with Crippen molar-refractivity contribution in [3.63, 3.8) is 0 Å². The Morgan fingerprint density at radius 2 is 1.80 bits per heavy atom. The molecule has 7 nitrogen and oxygen atoms in total. The average molecular weight is 409 g/mol. The molecule has 0 atom stereocenters. The van der Waals surface area contributed by atoms with E-state index in [1.807, 2.05) is 49.4 Å². The van der Waals surface area contributed by atoms with Gasteiger partial charge < -0.3 is 19.9 Å². The minimum atomic E-state index is -0.233. The van der Waals surface area contributed by atoms with E-state index in [1.54, 1.807) is 15.9 Å². The number of nitrogens with one attached hydrogen (secondary N) is 1. The Morgan fingerprint density at radius 3 is 2.57 bits per heavy atom. The first-order chi connectivity index (χ1) is 14.5. The van der Waals surface area contributed by atoms with Crippen LogP contribution in [0.5, 0.6) is 5.75 Å². The van der Waals surface area contributed by atoms with Crippen LogP contribution in [0.4, 0.5) is 11.4 Å². The summed E-state index contributed by atoms with van der Waals surface area (Å²) in [5.74, 6) is 0.322. The highest BCUT2D eigenvalue weighted by molar-refractivity contribution is 5.99. The van der Waals surface area contributed by atoms with Crippen molar-refractivity contribution in [3.05, 3.63) is 54.1 Å². The molecule has 30 heavy (non-hydrogen) atoms. The molecule has 1 N–H and O–H groups in total. The van der Waals surface area contributed by atoms with Crippen molar-refractivity contribution >= 4 is 29.1 Å². The maximum Gasteiger partial charge on any atom is 0.227 e. The maximum absolute atomic E-state index is 12.7. The summed E-state index contributed by atoms with van der Waals surface area (Å²) < 4.78 is 5.58. The lowest BCUT2D eigenvalue weighted by atomic mass is 10.1. The first kappa shape index (κ1) is 21.4. The maximum atomic E-state index is 12.7. The number of amides is 3. The Hall–Kier alpha value is -3.35. The van der Waals surface area contributed by atoms with Gasteiger partial charge in [0.15, 0.2) is 0 Å². The molecule has 0 saturated heterocycles. The number of hydrogen-bond donors (Lipinski definition) is 1. The molecule has 0 aromatic heterocycles. The van der Waals surface area contributed by atoms with Gasteiger partial charge in [-0.1, -0.05) is 30.3 Å². The van der Waals surface area contributed by atoms with Crippen molar-refractivity contribution in [3.8, 4) is 5.75 Å². The highest BCUT2D eigenvalue weighted by Crippen LogP contribution is 2.31. The summed E-state index contributed by atoms with van der Waals surface area (Å²) in [4.78, 5) is 40.3. The average Bonchev–Trinajstić information content (AvgIpc) is 2.76. The number of hydrogen-bond acceptors (Lipinski definition) is 4. The normalized spacial score (nSPS) is 12.5. The number of benzene rings is 2. The zero-order chi connectivity index (χ0) is 21.5. The summed E-state index contributed by atoms with van der Waals surface area (Å²) in [6.45, 7) is 5.36. The molecular formula is C23H27N3O4. The molecule has 1 heterocycles. The van der Waals surface area contributed by atoms with Crippen molar-refractivity contribution in [1.29, 1.82) is 0 Å². The van der Waals surface area contributed by atoms with Crippen LogP contribution in [-0.2, 0) is 20.9 Å². The van der Waals surface area contributed by atoms with Crippen molar-refractivity contribution < 1.29 is 19.1 Å². The van der Waals surface area contributed by atoms with Gasteiger partial charge in [-0.3, -0.25) is 14.4 Å². The number of ether oxygens (including phenoxy) is 1. The van der Waals surface area contributed by atoms with Crippen LogP contribution in [0.25, 0.3) is 0 Å². The lowest BCUT2D eigenvalue weighted by Gasteiger charge is -2.29. The zero-order valence-corrected chi connectivity index (χ0v) is 17.4. The number of fused-ring (bicyclic) bond motifs is 1. The van der Waals surface area contributed by atoms with Crippen LogP contribution in [0.1, 0.15) is 32.3 Å². The third kappa shape index (κ3) is 5.17. The van der Waals surface area contributed by atoms with Gasteiger partial charge >= 0.3 is 0 Å². The smallest absolute Gasteiger partial charge is 0.227 e. The number of nitrogens with zero attached hydrogens (tertiary/aromatic N) is 2. The van der Waals surface area contributed by atoms with E-state index in [9.17, 15) is 14.4 Å².